The van der Waals surface area contributed by atoms with Crippen molar-refractivity contribution in [3.05, 3.63) is 71.8 Å². The van der Waals surface area contributed by atoms with E-state index in [1.165, 1.54) is 33.0 Å². The molecule has 5 rings (SSSR count). The number of hydrogen-bond acceptors (Lipinski definition) is 1. The van der Waals surface area contributed by atoms with Gasteiger partial charge in [0.2, 0.25) is 0 Å². The first-order chi connectivity index (χ1) is 10.4. The summed E-state index contributed by atoms with van der Waals surface area (Å²) in [6.07, 6.45) is 2.16. The second-order valence-electron chi connectivity index (χ2n) is 5.77. The Bertz CT molecular complexity index is 945. The third kappa shape index (κ3) is 1.52. The van der Waals surface area contributed by atoms with E-state index < -0.39 is 0 Å². The Morgan fingerprint density at radius 3 is 2.52 bits per heavy atom. The van der Waals surface area contributed by atoms with Gasteiger partial charge in [-0.25, -0.2) is 0 Å². The molecule has 100 valence electrons. The fraction of sp³-hybridized carbons (Fsp3) is 0.100. The number of hydrogen-bond donors (Lipinski definition) is 0. The van der Waals surface area contributed by atoms with Crippen LogP contribution in [0.5, 0.6) is 0 Å². The molecule has 1 nitrogen and oxygen atoms in total. The van der Waals surface area contributed by atoms with Crippen LogP contribution in [0.3, 0.4) is 0 Å². The maximum absolute atomic E-state index is 6.30. The zero-order valence-corrected chi connectivity index (χ0v) is 11.6. The fourth-order valence-electron chi connectivity index (χ4n) is 3.51. The summed E-state index contributed by atoms with van der Waals surface area (Å²) < 4.78 is 6.30. The highest BCUT2D eigenvalue weighted by Crippen LogP contribution is 2.42. The predicted octanol–water partition coefficient (Wildman–Crippen LogP) is 5.30. The molecule has 1 heterocycles. The Balaban J connectivity index is 1.87. The van der Waals surface area contributed by atoms with Gasteiger partial charge in [0.15, 0.2) is 0 Å². The van der Waals surface area contributed by atoms with Gasteiger partial charge in [-0.05, 0) is 46.9 Å². The van der Waals surface area contributed by atoms with Gasteiger partial charge < -0.3 is 4.42 Å². The first kappa shape index (κ1) is 11.2. The van der Waals surface area contributed by atoms with Gasteiger partial charge in [0.1, 0.15) is 11.5 Å². The van der Waals surface area contributed by atoms with Gasteiger partial charge >= 0.3 is 0 Å². The molecule has 0 saturated heterocycles. The van der Waals surface area contributed by atoms with Crippen molar-refractivity contribution in [2.24, 2.45) is 0 Å². The lowest BCUT2D eigenvalue weighted by atomic mass is 9.89. The van der Waals surface area contributed by atoms with E-state index in [4.69, 9.17) is 4.42 Å². The molecule has 2 aliphatic carbocycles. The van der Waals surface area contributed by atoms with E-state index in [-0.39, 0.29) is 0 Å². The Morgan fingerprint density at radius 1 is 0.714 bits per heavy atom. The van der Waals surface area contributed by atoms with Gasteiger partial charge in [-0.1, -0.05) is 48.5 Å². The molecule has 0 spiro atoms. The van der Waals surface area contributed by atoms with Crippen LogP contribution < -0.4 is 0 Å². The summed E-state index contributed by atoms with van der Waals surface area (Å²) in [4.78, 5) is 0. The third-order valence-corrected chi connectivity index (χ3v) is 4.55. The van der Waals surface area contributed by atoms with Crippen molar-refractivity contribution in [2.45, 2.75) is 12.8 Å². The van der Waals surface area contributed by atoms with E-state index in [1.807, 2.05) is 0 Å². The standard InChI is InChI=1S/C20H14O/c1-4-8-17-13(5-1)9-10-15-11-18-16-7-3-2-6-14(16)12-19(18)21-20(15)17/h1-8,11-12H,9-10H2. The van der Waals surface area contributed by atoms with Crippen molar-refractivity contribution < 1.29 is 4.42 Å². The Morgan fingerprint density at radius 2 is 1.52 bits per heavy atom. The van der Waals surface area contributed by atoms with Crippen LogP contribution in [0.15, 0.2) is 65.1 Å². The lowest BCUT2D eigenvalue weighted by Crippen LogP contribution is -2.04. The molecule has 3 aliphatic rings. The summed E-state index contributed by atoms with van der Waals surface area (Å²) in [5.41, 5.74) is 5.22. The molecule has 1 aliphatic heterocycles. The molecule has 0 unspecified atom stereocenters. The van der Waals surface area contributed by atoms with Crippen LogP contribution in [0.2, 0.25) is 0 Å². The van der Waals surface area contributed by atoms with Crippen molar-refractivity contribution in [1.82, 2.24) is 0 Å². The van der Waals surface area contributed by atoms with Crippen molar-refractivity contribution in [3.63, 3.8) is 0 Å². The van der Waals surface area contributed by atoms with Crippen LogP contribution in [0.25, 0.3) is 33.4 Å². The van der Waals surface area contributed by atoms with Crippen LogP contribution in [0.4, 0.5) is 0 Å². The molecular formula is C20H14O. The molecule has 2 aromatic carbocycles. The summed E-state index contributed by atoms with van der Waals surface area (Å²) in [5, 5.41) is 2.55. The fourth-order valence-corrected chi connectivity index (χ4v) is 3.51. The van der Waals surface area contributed by atoms with Gasteiger partial charge in [0.25, 0.3) is 0 Å². The zero-order chi connectivity index (χ0) is 13.8. The first-order valence-corrected chi connectivity index (χ1v) is 7.42. The minimum atomic E-state index is 0.992. The van der Waals surface area contributed by atoms with Gasteiger partial charge in [0, 0.05) is 11.1 Å². The average Bonchev–Trinajstić information content (AvgIpc) is 2.90. The molecule has 2 aromatic rings. The molecule has 1 heteroatoms. The molecule has 0 radical (unpaired) electrons. The summed E-state index contributed by atoms with van der Waals surface area (Å²) in [6, 6.07) is 21.6. The maximum atomic E-state index is 6.30. The molecule has 0 aromatic heterocycles. The van der Waals surface area contributed by atoms with Crippen molar-refractivity contribution in [3.8, 4) is 22.6 Å². The number of benzene rings is 2. The predicted molar refractivity (Wildman–Crippen MR) is 85.7 cm³/mol. The highest BCUT2D eigenvalue weighted by atomic mass is 16.3. The van der Waals surface area contributed by atoms with Crippen LogP contribution >= 0.6 is 0 Å². The van der Waals surface area contributed by atoms with E-state index in [0.29, 0.717) is 0 Å². The summed E-state index contributed by atoms with van der Waals surface area (Å²) in [7, 11) is 0. The molecule has 0 fully saturated rings. The average molecular weight is 270 g/mol. The molecule has 0 bridgehead atoms. The largest absolute Gasteiger partial charge is 0.456 e. The van der Waals surface area contributed by atoms with E-state index >= 15 is 0 Å². The lowest BCUT2D eigenvalue weighted by molar-refractivity contribution is 0.570. The summed E-state index contributed by atoms with van der Waals surface area (Å²) >= 11 is 0. The van der Waals surface area contributed by atoms with E-state index in [2.05, 4.69) is 60.7 Å². The molecule has 0 amide bonds. The molecule has 0 atom stereocenters. The Hall–Kier alpha value is -2.54. The van der Waals surface area contributed by atoms with Gasteiger partial charge in [-0.2, -0.15) is 0 Å². The molecule has 0 N–H and O–H groups in total. The molecular weight excluding hydrogens is 256 g/mol. The van der Waals surface area contributed by atoms with Crippen molar-refractivity contribution >= 4 is 10.8 Å². The van der Waals surface area contributed by atoms with Crippen molar-refractivity contribution in [2.75, 3.05) is 0 Å². The summed E-state index contributed by atoms with van der Waals surface area (Å²) in [5.74, 6) is 2.05. The maximum Gasteiger partial charge on any atom is 0.138 e. The SMILES string of the molecule is c1ccc2c(c1)CCc1cc3c4ccccc4cc-3oc1-2. The monoisotopic (exact) mass is 270 g/mol. The van der Waals surface area contributed by atoms with Crippen LogP contribution in [0.1, 0.15) is 11.1 Å². The van der Waals surface area contributed by atoms with E-state index in [0.717, 1.165) is 24.4 Å². The zero-order valence-electron chi connectivity index (χ0n) is 11.6. The second kappa shape index (κ2) is 3.98. The van der Waals surface area contributed by atoms with Crippen LogP contribution in [0, 0.1) is 0 Å². The van der Waals surface area contributed by atoms with E-state index in [1.54, 1.807) is 0 Å². The second-order valence-corrected chi connectivity index (χ2v) is 5.77. The minimum Gasteiger partial charge on any atom is -0.456 e. The lowest BCUT2D eigenvalue weighted by Gasteiger charge is -2.19. The van der Waals surface area contributed by atoms with Crippen LogP contribution in [-0.2, 0) is 12.8 Å². The quantitative estimate of drug-likeness (QED) is 0.422. The summed E-state index contributed by atoms with van der Waals surface area (Å²) in [6.45, 7) is 0. The van der Waals surface area contributed by atoms with Crippen molar-refractivity contribution in [1.29, 1.82) is 0 Å². The van der Waals surface area contributed by atoms with Gasteiger partial charge in [-0.3, -0.25) is 0 Å². The topological polar surface area (TPSA) is 13.1 Å². The third-order valence-electron chi connectivity index (χ3n) is 4.55. The highest BCUT2D eigenvalue weighted by molar-refractivity contribution is 6.01. The van der Waals surface area contributed by atoms with E-state index in [9.17, 15) is 0 Å². The van der Waals surface area contributed by atoms with Gasteiger partial charge in [-0.15, -0.1) is 0 Å². The number of fused-ring (bicyclic) bond motifs is 6. The normalized spacial score (nSPS) is 13.3. The first-order valence-electron chi connectivity index (χ1n) is 7.42. The molecule has 0 saturated carbocycles. The minimum absolute atomic E-state index is 0.992. The highest BCUT2D eigenvalue weighted by Gasteiger charge is 2.22. The Kier molecular flexibility index (Phi) is 2.12. The smallest absolute Gasteiger partial charge is 0.138 e. The Labute approximate surface area is 123 Å². The van der Waals surface area contributed by atoms with Gasteiger partial charge in [0.05, 0.1) is 0 Å². The molecule has 21 heavy (non-hydrogen) atoms. The van der Waals surface area contributed by atoms with Crippen LogP contribution in [-0.4, -0.2) is 0 Å². The number of rotatable bonds is 0. The number of aryl methyl sites for hydroxylation is 2.